The molecule has 4 heteroatoms. The van der Waals surface area contributed by atoms with Gasteiger partial charge in [0.25, 0.3) is 0 Å². The van der Waals surface area contributed by atoms with Gasteiger partial charge in [0.15, 0.2) is 0 Å². The third-order valence-corrected chi connectivity index (χ3v) is 3.95. The van der Waals surface area contributed by atoms with Crippen LogP contribution in [0.15, 0.2) is 30.3 Å². The van der Waals surface area contributed by atoms with Gasteiger partial charge < -0.3 is 5.32 Å². The highest BCUT2D eigenvalue weighted by atomic mass is 19.4. The molecule has 0 aliphatic carbocycles. The number of alkyl halides is 3. The lowest BCUT2D eigenvalue weighted by atomic mass is 9.85. The molecular weight excluding hydrogens is 275 g/mol. The summed E-state index contributed by atoms with van der Waals surface area (Å²) in [5.41, 5.74) is 0.695. The SMILES string of the molecule is CC(C)C(CNC(CC(F)(F)F)c1ccccc1)C(C)C. The first-order chi connectivity index (χ1) is 9.70. The van der Waals surface area contributed by atoms with Crippen molar-refractivity contribution in [3.63, 3.8) is 0 Å². The summed E-state index contributed by atoms with van der Waals surface area (Å²) >= 11 is 0. The summed E-state index contributed by atoms with van der Waals surface area (Å²) in [6.07, 6.45) is -5.00. The van der Waals surface area contributed by atoms with Crippen molar-refractivity contribution in [3.8, 4) is 0 Å². The molecule has 0 heterocycles. The van der Waals surface area contributed by atoms with Crippen LogP contribution in [0.5, 0.6) is 0 Å². The van der Waals surface area contributed by atoms with Gasteiger partial charge in [0.05, 0.1) is 6.42 Å². The summed E-state index contributed by atoms with van der Waals surface area (Å²) in [7, 11) is 0. The minimum absolute atomic E-state index is 0.365. The zero-order valence-corrected chi connectivity index (χ0v) is 13.2. The molecule has 0 bridgehead atoms. The number of rotatable bonds is 7. The molecule has 0 amide bonds. The van der Waals surface area contributed by atoms with Crippen LogP contribution < -0.4 is 5.32 Å². The van der Waals surface area contributed by atoms with Crippen LogP contribution in [0, 0.1) is 17.8 Å². The Kier molecular flexibility index (Phi) is 6.72. The minimum Gasteiger partial charge on any atom is -0.309 e. The number of hydrogen-bond acceptors (Lipinski definition) is 1. The average molecular weight is 301 g/mol. The smallest absolute Gasteiger partial charge is 0.309 e. The second-order valence-electron chi connectivity index (χ2n) is 6.34. The average Bonchev–Trinajstić information content (AvgIpc) is 2.36. The molecule has 0 aromatic heterocycles. The Hall–Kier alpha value is -1.03. The van der Waals surface area contributed by atoms with Gasteiger partial charge in [0.2, 0.25) is 0 Å². The normalized spacial score (nSPS) is 14.2. The van der Waals surface area contributed by atoms with Gasteiger partial charge in [-0.2, -0.15) is 13.2 Å². The quantitative estimate of drug-likeness (QED) is 0.730. The molecule has 0 radical (unpaired) electrons. The van der Waals surface area contributed by atoms with Crippen molar-refractivity contribution in [2.45, 2.75) is 46.3 Å². The van der Waals surface area contributed by atoms with Crippen molar-refractivity contribution in [1.29, 1.82) is 0 Å². The van der Waals surface area contributed by atoms with Gasteiger partial charge >= 0.3 is 6.18 Å². The van der Waals surface area contributed by atoms with E-state index in [2.05, 4.69) is 33.0 Å². The molecule has 1 aromatic carbocycles. The Balaban J connectivity index is 2.79. The van der Waals surface area contributed by atoms with Gasteiger partial charge in [-0.15, -0.1) is 0 Å². The van der Waals surface area contributed by atoms with Crippen LogP contribution in [-0.4, -0.2) is 12.7 Å². The Labute approximate surface area is 125 Å². The Morgan fingerprint density at radius 1 is 0.952 bits per heavy atom. The topological polar surface area (TPSA) is 12.0 Å². The van der Waals surface area contributed by atoms with E-state index in [9.17, 15) is 13.2 Å². The van der Waals surface area contributed by atoms with Gasteiger partial charge in [-0.25, -0.2) is 0 Å². The highest BCUT2D eigenvalue weighted by Gasteiger charge is 2.33. The highest BCUT2D eigenvalue weighted by molar-refractivity contribution is 5.19. The van der Waals surface area contributed by atoms with Gasteiger partial charge in [0, 0.05) is 6.04 Å². The number of benzene rings is 1. The fraction of sp³-hybridized carbons (Fsp3) is 0.647. The first-order valence-electron chi connectivity index (χ1n) is 7.55. The molecule has 0 aliphatic heterocycles. The van der Waals surface area contributed by atoms with E-state index in [1.807, 2.05) is 6.07 Å². The second-order valence-corrected chi connectivity index (χ2v) is 6.34. The number of hydrogen-bond donors (Lipinski definition) is 1. The van der Waals surface area contributed by atoms with E-state index in [1.54, 1.807) is 24.3 Å². The van der Waals surface area contributed by atoms with Crippen molar-refractivity contribution in [2.24, 2.45) is 17.8 Å². The molecule has 1 aromatic rings. The molecule has 1 rings (SSSR count). The molecule has 0 aliphatic rings. The van der Waals surface area contributed by atoms with Crippen LogP contribution in [0.4, 0.5) is 13.2 Å². The third kappa shape index (κ3) is 6.51. The summed E-state index contributed by atoms with van der Waals surface area (Å²) < 4.78 is 38.4. The fourth-order valence-corrected chi connectivity index (χ4v) is 2.74. The Morgan fingerprint density at radius 3 is 1.90 bits per heavy atom. The Morgan fingerprint density at radius 2 is 1.48 bits per heavy atom. The lowest BCUT2D eigenvalue weighted by Gasteiger charge is -2.29. The Bertz CT molecular complexity index is 390. The predicted molar refractivity (Wildman–Crippen MR) is 81.0 cm³/mol. The maximum Gasteiger partial charge on any atom is 0.390 e. The maximum absolute atomic E-state index is 12.8. The molecule has 0 fully saturated rings. The van der Waals surface area contributed by atoms with Crippen LogP contribution in [0.25, 0.3) is 0 Å². The van der Waals surface area contributed by atoms with E-state index < -0.39 is 18.6 Å². The van der Waals surface area contributed by atoms with Crippen molar-refractivity contribution < 1.29 is 13.2 Å². The minimum atomic E-state index is -4.17. The molecule has 1 atom stereocenters. The largest absolute Gasteiger partial charge is 0.390 e. The van der Waals surface area contributed by atoms with Gasteiger partial charge in [-0.1, -0.05) is 58.0 Å². The van der Waals surface area contributed by atoms with Gasteiger partial charge in [-0.05, 0) is 29.9 Å². The van der Waals surface area contributed by atoms with Crippen molar-refractivity contribution in [2.75, 3.05) is 6.54 Å². The molecule has 1 N–H and O–H groups in total. The number of nitrogens with one attached hydrogen (secondary N) is 1. The number of halogens is 3. The summed E-state index contributed by atoms with van der Waals surface area (Å²) in [5, 5.41) is 3.14. The fourth-order valence-electron chi connectivity index (χ4n) is 2.74. The zero-order valence-electron chi connectivity index (χ0n) is 13.2. The van der Waals surface area contributed by atoms with Crippen molar-refractivity contribution >= 4 is 0 Å². The van der Waals surface area contributed by atoms with E-state index >= 15 is 0 Å². The van der Waals surface area contributed by atoms with Crippen molar-refractivity contribution in [3.05, 3.63) is 35.9 Å². The lowest BCUT2D eigenvalue weighted by Crippen LogP contribution is -2.34. The lowest BCUT2D eigenvalue weighted by molar-refractivity contribution is -0.140. The summed E-state index contributed by atoms with van der Waals surface area (Å²) in [4.78, 5) is 0. The van der Waals surface area contributed by atoms with Crippen LogP contribution in [0.2, 0.25) is 0 Å². The molecule has 1 unspecified atom stereocenters. The van der Waals surface area contributed by atoms with E-state index in [0.717, 1.165) is 0 Å². The standard InChI is InChI=1S/C17H26F3N/c1-12(2)15(13(3)4)11-21-16(10-17(18,19)20)14-8-6-5-7-9-14/h5-9,12-13,15-16,21H,10-11H2,1-4H3. The molecule has 0 saturated heterocycles. The second kappa shape index (κ2) is 7.83. The van der Waals surface area contributed by atoms with Crippen LogP contribution >= 0.6 is 0 Å². The third-order valence-electron chi connectivity index (χ3n) is 3.95. The first-order valence-corrected chi connectivity index (χ1v) is 7.55. The summed E-state index contributed by atoms with van der Waals surface area (Å²) in [6.45, 7) is 9.08. The van der Waals surface area contributed by atoms with E-state index in [0.29, 0.717) is 29.9 Å². The monoisotopic (exact) mass is 301 g/mol. The molecule has 120 valence electrons. The maximum atomic E-state index is 12.8. The molecule has 0 spiro atoms. The predicted octanol–water partition coefficient (Wildman–Crippen LogP) is 5.20. The summed E-state index contributed by atoms with van der Waals surface area (Å²) in [6, 6.07) is 8.21. The zero-order chi connectivity index (χ0) is 16.0. The van der Waals surface area contributed by atoms with E-state index in [-0.39, 0.29) is 0 Å². The molecular formula is C17H26F3N. The first kappa shape index (κ1) is 18.0. The summed E-state index contributed by atoms with van der Waals surface area (Å²) in [5.74, 6) is 1.25. The van der Waals surface area contributed by atoms with Crippen LogP contribution in [0.3, 0.4) is 0 Å². The van der Waals surface area contributed by atoms with E-state index in [1.165, 1.54) is 0 Å². The highest BCUT2D eigenvalue weighted by Crippen LogP contribution is 2.30. The van der Waals surface area contributed by atoms with Crippen LogP contribution in [0.1, 0.15) is 45.7 Å². The van der Waals surface area contributed by atoms with E-state index in [4.69, 9.17) is 0 Å². The van der Waals surface area contributed by atoms with Gasteiger partial charge in [0.1, 0.15) is 0 Å². The molecule has 0 saturated carbocycles. The van der Waals surface area contributed by atoms with Crippen molar-refractivity contribution in [1.82, 2.24) is 5.32 Å². The van der Waals surface area contributed by atoms with Gasteiger partial charge in [-0.3, -0.25) is 0 Å². The van der Waals surface area contributed by atoms with Crippen LogP contribution in [-0.2, 0) is 0 Å². The molecule has 1 nitrogen and oxygen atoms in total. The molecule has 21 heavy (non-hydrogen) atoms.